The molecular weight excluding hydrogens is 232 g/mol. The summed E-state index contributed by atoms with van der Waals surface area (Å²) < 4.78 is 0. The molecule has 2 saturated heterocycles. The highest BCUT2D eigenvalue weighted by molar-refractivity contribution is 5.77. The van der Waals surface area contributed by atoms with E-state index in [4.69, 9.17) is 5.11 Å². The summed E-state index contributed by atoms with van der Waals surface area (Å²) in [4.78, 5) is 26.9. The van der Waals surface area contributed by atoms with Crippen molar-refractivity contribution in [2.45, 2.75) is 51.6 Å². The molecule has 1 N–H and O–H groups in total. The second kappa shape index (κ2) is 5.16. The van der Waals surface area contributed by atoms with E-state index in [2.05, 4.69) is 13.8 Å². The molecule has 3 unspecified atom stereocenters. The van der Waals surface area contributed by atoms with Crippen molar-refractivity contribution in [3.8, 4) is 0 Å². The van der Waals surface area contributed by atoms with Gasteiger partial charge in [0.2, 0.25) is 0 Å². The minimum Gasteiger partial charge on any atom is -0.481 e. The number of nitrogens with zero attached hydrogens (tertiary/aromatic N) is 2. The van der Waals surface area contributed by atoms with Crippen LogP contribution in [-0.2, 0) is 4.79 Å². The smallest absolute Gasteiger partial charge is 0.320 e. The Balaban J connectivity index is 2.01. The average molecular weight is 254 g/mol. The normalized spacial score (nSPS) is 32.0. The number of carboxylic acid groups (broad SMARTS) is 1. The van der Waals surface area contributed by atoms with Crippen LogP contribution in [0.2, 0.25) is 0 Å². The molecule has 2 heterocycles. The average Bonchev–Trinajstić information content (AvgIpc) is 2.83. The zero-order valence-electron chi connectivity index (χ0n) is 11.1. The molecule has 5 nitrogen and oxygen atoms in total. The molecule has 2 fully saturated rings. The molecule has 0 spiro atoms. The molecule has 5 heteroatoms. The fourth-order valence-electron chi connectivity index (χ4n) is 3.23. The van der Waals surface area contributed by atoms with Gasteiger partial charge in [0.1, 0.15) is 0 Å². The second-order valence-electron chi connectivity index (χ2n) is 5.71. The molecule has 0 aliphatic carbocycles. The van der Waals surface area contributed by atoms with Crippen LogP contribution in [0.3, 0.4) is 0 Å². The molecule has 2 aliphatic heterocycles. The number of carbonyl (C=O) groups is 2. The van der Waals surface area contributed by atoms with Crippen LogP contribution in [-0.4, -0.2) is 52.1 Å². The van der Waals surface area contributed by atoms with Crippen LogP contribution in [0.25, 0.3) is 0 Å². The molecule has 2 amide bonds. The van der Waals surface area contributed by atoms with Gasteiger partial charge in [0.05, 0.1) is 6.42 Å². The number of likely N-dealkylation sites (tertiary alicyclic amines) is 2. The quantitative estimate of drug-likeness (QED) is 0.817. The molecule has 0 aromatic heterocycles. The number of aliphatic carboxylic acids is 1. The van der Waals surface area contributed by atoms with Crippen molar-refractivity contribution in [2.75, 3.05) is 13.1 Å². The third-order valence-corrected chi connectivity index (χ3v) is 4.06. The van der Waals surface area contributed by atoms with E-state index in [1.165, 1.54) is 0 Å². The Morgan fingerprint density at radius 2 is 2.00 bits per heavy atom. The van der Waals surface area contributed by atoms with E-state index in [0.717, 1.165) is 25.8 Å². The number of rotatable bonds is 2. The van der Waals surface area contributed by atoms with Gasteiger partial charge < -0.3 is 14.9 Å². The van der Waals surface area contributed by atoms with Crippen LogP contribution >= 0.6 is 0 Å². The van der Waals surface area contributed by atoms with Crippen LogP contribution in [0, 0.1) is 5.92 Å². The largest absolute Gasteiger partial charge is 0.481 e. The maximum atomic E-state index is 12.5. The topological polar surface area (TPSA) is 60.9 Å². The number of amides is 2. The molecule has 2 rings (SSSR count). The minimum absolute atomic E-state index is 0.0376. The van der Waals surface area contributed by atoms with Crippen LogP contribution in [0.4, 0.5) is 4.79 Å². The highest BCUT2D eigenvalue weighted by Crippen LogP contribution is 2.27. The van der Waals surface area contributed by atoms with Crippen LogP contribution in [0.1, 0.15) is 39.5 Å². The Bertz CT molecular complexity index is 345. The van der Waals surface area contributed by atoms with Gasteiger partial charge in [-0.15, -0.1) is 0 Å². The lowest BCUT2D eigenvalue weighted by molar-refractivity contribution is -0.138. The maximum absolute atomic E-state index is 12.5. The molecule has 18 heavy (non-hydrogen) atoms. The van der Waals surface area contributed by atoms with Crippen molar-refractivity contribution in [2.24, 2.45) is 5.92 Å². The Hall–Kier alpha value is -1.26. The van der Waals surface area contributed by atoms with Crippen molar-refractivity contribution in [1.29, 1.82) is 0 Å². The van der Waals surface area contributed by atoms with E-state index >= 15 is 0 Å². The van der Waals surface area contributed by atoms with E-state index < -0.39 is 5.97 Å². The number of hydrogen-bond donors (Lipinski definition) is 1. The van der Waals surface area contributed by atoms with Gasteiger partial charge in [0, 0.05) is 25.2 Å². The van der Waals surface area contributed by atoms with Crippen molar-refractivity contribution < 1.29 is 14.7 Å². The lowest BCUT2D eigenvalue weighted by atomic mass is 10.1. The first kappa shape index (κ1) is 13.2. The first-order valence-electron chi connectivity index (χ1n) is 6.78. The Labute approximate surface area is 108 Å². The van der Waals surface area contributed by atoms with E-state index in [1.54, 1.807) is 4.90 Å². The van der Waals surface area contributed by atoms with Gasteiger partial charge in [-0.05, 0) is 32.1 Å². The molecule has 0 saturated carbocycles. The SMILES string of the molecule is CC1CC(C)N(C(=O)N2CCCC2CC(=O)O)C1. The van der Waals surface area contributed by atoms with E-state index in [9.17, 15) is 9.59 Å². The summed E-state index contributed by atoms with van der Waals surface area (Å²) in [5, 5.41) is 8.88. The summed E-state index contributed by atoms with van der Waals surface area (Å²) >= 11 is 0. The third-order valence-electron chi connectivity index (χ3n) is 4.06. The zero-order chi connectivity index (χ0) is 13.3. The molecule has 3 atom stereocenters. The van der Waals surface area contributed by atoms with Gasteiger partial charge >= 0.3 is 12.0 Å². The fourth-order valence-corrected chi connectivity index (χ4v) is 3.23. The maximum Gasteiger partial charge on any atom is 0.320 e. The summed E-state index contributed by atoms with van der Waals surface area (Å²) in [7, 11) is 0. The summed E-state index contributed by atoms with van der Waals surface area (Å²) in [6, 6.07) is 0.201. The van der Waals surface area contributed by atoms with Crippen molar-refractivity contribution in [1.82, 2.24) is 9.80 Å². The predicted octanol–water partition coefficient (Wildman–Crippen LogP) is 1.78. The van der Waals surface area contributed by atoms with Crippen molar-refractivity contribution in [3.63, 3.8) is 0 Å². The number of carbonyl (C=O) groups excluding carboxylic acids is 1. The van der Waals surface area contributed by atoms with Gasteiger partial charge in [0.25, 0.3) is 0 Å². The van der Waals surface area contributed by atoms with Gasteiger partial charge in [0.15, 0.2) is 0 Å². The number of carboxylic acids is 1. The molecule has 0 aromatic rings. The molecule has 0 aromatic carbocycles. The predicted molar refractivity (Wildman–Crippen MR) is 67.3 cm³/mol. The van der Waals surface area contributed by atoms with Gasteiger partial charge in [-0.2, -0.15) is 0 Å². The van der Waals surface area contributed by atoms with Gasteiger partial charge in [-0.1, -0.05) is 6.92 Å². The zero-order valence-corrected chi connectivity index (χ0v) is 11.1. The van der Waals surface area contributed by atoms with E-state index in [-0.39, 0.29) is 24.5 Å². The summed E-state index contributed by atoms with van der Waals surface area (Å²) in [6.07, 6.45) is 2.85. The molecule has 102 valence electrons. The lowest BCUT2D eigenvalue weighted by Gasteiger charge is -2.31. The standard InChI is InChI=1S/C13H22N2O3/c1-9-6-10(2)15(8-9)13(18)14-5-3-4-11(14)7-12(16)17/h9-11H,3-8H2,1-2H3,(H,16,17). The molecular formula is C13H22N2O3. The Morgan fingerprint density at radius 3 is 2.56 bits per heavy atom. The van der Waals surface area contributed by atoms with E-state index in [1.807, 2.05) is 4.90 Å². The lowest BCUT2D eigenvalue weighted by Crippen LogP contribution is -2.47. The van der Waals surface area contributed by atoms with Crippen molar-refractivity contribution in [3.05, 3.63) is 0 Å². The highest BCUT2D eigenvalue weighted by Gasteiger charge is 2.37. The first-order valence-corrected chi connectivity index (χ1v) is 6.78. The summed E-state index contributed by atoms with van der Waals surface area (Å²) in [5.74, 6) is -0.271. The summed E-state index contributed by atoms with van der Waals surface area (Å²) in [5.41, 5.74) is 0. The Morgan fingerprint density at radius 1 is 1.28 bits per heavy atom. The van der Waals surface area contributed by atoms with E-state index in [0.29, 0.717) is 12.5 Å². The van der Waals surface area contributed by atoms with Crippen molar-refractivity contribution >= 4 is 12.0 Å². The molecule has 2 aliphatic rings. The van der Waals surface area contributed by atoms with Crippen LogP contribution in [0.15, 0.2) is 0 Å². The van der Waals surface area contributed by atoms with Crippen LogP contribution in [0.5, 0.6) is 0 Å². The van der Waals surface area contributed by atoms with Gasteiger partial charge in [-0.3, -0.25) is 4.79 Å². The van der Waals surface area contributed by atoms with Gasteiger partial charge in [-0.25, -0.2) is 4.79 Å². The second-order valence-corrected chi connectivity index (χ2v) is 5.71. The number of urea groups is 1. The molecule has 0 bridgehead atoms. The third kappa shape index (κ3) is 2.60. The highest BCUT2D eigenvalue weighted by atomic mass is 16.4. The molecule has 0 radical (unpaired) electrons. The first-order chi connectivity index (χ1) is 8.49. The Kier molecular flexibility index (Phi) is 3.78. The fraction of sp³-hybridized carbons (Fsp3) is 0.846. The van der Waals surface area contributed by atoms with Crippen LogP contribution < -0.4 is 0 Å². The number of hydrogen-bond acceptors (Lipinski definition) is 2. The summed E-state index contributed by atoms with van der Waals surface area (Å²) in [6.45, 7) is 5.73. The minimum atomic E-state index is -0.817. The monoisotopic (exact) mass is 254 g/mol.